The zero-order valence-corrected chi connectivity index (χ0v) is 22.7. The first-order valence-electron chi connectivity index (χ1n) is 13.0. The highest BCUT2D eigenvalue weighted by molar-refractivity contribution is 7.17. The Morgan fingerprint density at radius 2 is 1.89 bits per heavy atom. The van der Waals surface area contributed by atoms with E-state index in [1.54, 1.807) is 18.2 Å². The van der Waals surface area contributed by atoms with E-state index in [0.29, 0.717) is 28.2 Å². The number of thiophene rings is 1. The maximum Gasteiger partial charge on any atom is 0.274 e. The van der Waals surface area contributed by atoms with E-state index in [9.17, 15) is 14.0 Å². The van der Waals surface area contributed by atoms with Crippen LogP contribution in [0.5, 0.6) is 0 Å². The molecule has 9 heteroatoms. The maximum absolute atomic E-state index is 13.4. The highest BCUT2D eigenvalue weighted by Gasteiger charge is 2.27. The zero-order valence-electron chi connectivity index (χ0n) is 21.9. The zero-order chi connectivity index (χ0) is 26.9. The molecule has 4 rings (SSSR count). The van der Waals surface area contributed by atoms with Crippen molar-refractivity contribution in [2.24, 2.45) is 5.10 Å². The van der Waals surface area contributed by atoms with Crippen LogP contribution in [0.3, 0.4) is 0 Å². The van der Waals surface area contributed by atoms with Crippen molar-refractivity contribution in [3.05, 3.63) is 87.0 Å². The summed E-state index contributed by atoms with van der Waals surface area (Å²) in [5, 5.41) is 10.9. The molecule has 1 aliphatic carbocycles. The Labute approximate surface area is 227 Å². The smallest absolute Gasteiger partial charge is 0.274 e. The number of likely N-dealkylation sites (N-methyl/N-ethyl adjacent to an activating group) is 1. The molecule has 0 saturated heterocycles. The SMILES string of the molecule is CCN(CC)CCNCc1cccc(C(=O)Nc2sc3c(c2C(=O)NN=Cc2cccc(F)c2)CCC3)c1. The quantitative estimate of drug-likeness (QED) is 0.176. The van der Waals surface area contributed by atoms with Gasteiger partial charge in [-0.2, -0.15) is 5.10 Å². The van der Waals surface area contributed by atoms with Crippen LogP contribution in [0.15, 0.2) is 53.6 Å². The second kappa shape index (κ2) is 13.4. The van der Waals surface area contributed by atoms with E-state index in [1.807, 2.05) is 18.2 Å². The van der Waals surface area contributed by atoms with Crippen LogP contribution in [0.4, 0.5) is 9.39 Å². The van der Waals surface area contributed by atoms with Crippen molar-refractivity contribution >= 4 is 34.4 Å². The first-order chi connectivity index (χ1) is 18.5. The number of aryl methyl sites for hydroxylation is 1. The lowest BCUT2D eigenvalue weighted by atomic mass is 10.1. The van der Waals surface area contributed by atoms with Gasteiger partial charge in [0.25, 0.3) is 11.8 Å². The molecule has 0 spiro atoms. The normalized spacial score (nSPS) is 12.7. The van der Waals surface area contributed by atoms with Gasteiger partial charge in [-0.3, -0.25) is 9.59 Å². The Hall–Kier alpha value is -3.40. The first kappa shape index (κ1) is 27.6. The summed E-state index contributed by atoms with van der Waals surface area (Å²) < 4.78 is 13.4. The van der Waals surface area contributed by atoms with Crippen LogP contribution in [0.25, 0.3) is 0 Å². The minimum absolute atomic E-state index is 0.257. The van der Waals surface area contributed by atoms with Crippen molar-refractivity contribution in [1.29, 1.82) is 0 Å². The fourth-order valence-electron chi connectivity index (χ4n) is 4.55. The fourth-order valence-corrected chi connectivity index (χ4v) is 5.83. The maximum atomic E-state index is 13.4. The monoisotopic (exact) mass is 535 g/mol. The van der Waals surface area contributed by atoms with Crippen molar-refractivity contribution in [3.8, 4) is 0 Å². The molecule has 1 aliphatic rings. The number of fused-ring (bicyclic) bond motifs is 1. The number of nitrogens with one attached hydrogen (secondary N) is 3. The van der Waals surface area contributed by atoms with Gasteiger partial charge in [0.2, 0.25) is 0 Å². The number of hydrazone groups is 1. The summed E-state index contributed by atoms with van der Waals surface area (Å²) in [6, 6.07) is 13.5. The second-order valence-electron chi connectivity index (χ2n) is 9.17. The molecule has 38 heavy (non-hydrogen) atoms. The van der Waals surface area contributed by atoms with Gasteiger partial charge in [0.05, 0.1) is 11.8 Å². The number of hydrogen-bond acceptors (Lipinski definition) is 6. The van der Waals surface area contributed by atoms with Crippen LogP contribution < -0.4 is 16.1 Å². The van der Waals surface area contributed by atoms with Crippen molar-refractivity contribution in [1.82, 2.24) is 15.6 Å². The van der Waals surface area contributed by atoms with Gasteiger partial charge >= 0.3 is 0 Å². The van der Waals surface area contributed by atoms with Crippen LogP contribution >= 0.6 is 11.3 Å². The topological polar surface area (TPSA) is 85.8 Å². The van der Waals surface area contributed by atoms with Gasteiger partial charge in [-0.05, 0) is 73.3 Å². The van der Waals surface area contributed by atoms with Gasteiger partial charge in [0.1, 0.15) is 10.8 Å². The van der Waals surface area contributed by atoms with Gasteiger partial charge in [0.15, 0.2) is 0 Å². The molecule has 3 N–H and O–H groups in total. The van der Waals surface area contributed by atoms with E-state index < -0.39 is 5.91 Å². The van der Waals surface area contributed by atoms with Gasteiger partial charge in [-0.15, -0.1) is 11.3 Å². The first-order valence-corrected chi connectivity index (χ1v) is 13.9. The van der Waals surface area contributed by atoms with E-state index in [2.05, 4.69) is 39.9 Å². The molecule has 0 radical (unpaired) electrons. The van der Waals surface area contributed by atoms with Crippen molar-refractivity contribution in [3.63, 3.8) is 0 Å². The summed E-state index contributed by atoms with van der Waals surface area (Å²) in [5.74, 6) is -1.02. The summed E-state index contributed by atoms with van der Waals surface area (Å²) in [6.07, 6.45) is 4.04. The van der Waals surface area contributed by atoms with E-state index in [0.717, 1.165) is 61.4 Å². The Bertz CT molecular complexity index is 1300. The van der Waals surface area contributed by atoms with Crippen LogP contribution in [-0.4, -0.2) is 49.1 Å². The number of halogens is 1. The molecule has 2 aromatic carbocycles. The predicted octanol–water partition coefficient (Wildman–Crippen LogP) is 4.82. The number of benzene rings is 2. The molecule has 1 heterocycles. The molecular weight excluding hydrogens is 501 g/mol. The third-order valence-electron chi connectivity index (χ3n) is 6.62. The summed E-state index contributed by atoms with van der Waals surface area (Å²) >= 11 is 1.45. The largest absolute Gasteiger partial charge is 0.313 e. The summed E-state index contributed by atoms with van der Waals surface area (Å²) in [5.41, 5.74) is 6.07. The molecule has 0 saturated carbocycles. The molecule has 7 nitrogen and oxygen atoms in total. The van der Waals surface area contributed by atoms with Gasteiger partial charge in [-0.1, -0.05) is 38.1 Å². The summed E-state index contributed by atoms with van der Waals surface area (Å²) in [7, 11) is 0. The highest BCUT2D eigenvalue weighted by atomic mass is 32.1. The van der Waals surface area contributed by atoms with Crippen LogP contribution in [0, 0.1) is 5.82 Å². The van der Waals surface area contributed by atoms with E-state index in [-0.39, 0.29) is 11.7 Å². The molecule has 3 aromatic rings. The average Bonchev–Trinajstić information content (AvgIpc) is 3.50. The lowest BCUT2D eigenvalue weighted by molar-refractivity contribution is 0.0955. The molecular formula is C29H34FN5O2S. The third-order valence-corrected chi connectivity index (χ3v) is 7.83. The Balaban J connectivity index is 1.41. The lowest BCUT2D eigenvalue weighted by Gasteiger charge is -2.18. The highest BCUT2D eigenvalue weighted by Crippen LogP contribution is 2.39. The van der Waals surface area contributed by atoms with E-state index in [1.165, 1.54) is 29.7 Å². The molecule has 0 bridgehead atoms. The standard InChI is InChI=1S/C29H34FN5O2S/c1-3-35(4-2)15-14-31-18-20-8-5-10-22(16-20)27(36)33-29-26(24-12-7-13-25(24)38-29)28(37)34-32-19-21-9-6-11-23(30)17-21/h5-6,8-11,16-17,19,31H,3-4,7,12-15,18H2,1-2H3,(H,33,36)(H,34,37). The predicted molar refractivity (Wildman–Crippen MR) is 152 cm³/mol. The molecule has 0 aliphatic heterocycles. The minimum Gasteiger partial charge on any atom is -0.313 e. The summed E-state index contributed by atoms with van der Waals surface area (Å²) in [6.45, 7) is 8.89. The number of carbonyl (C=O) groups is 2. The number of rotatable bonds is 12. The van der Waals surface area contributed by atoms with Crippen LogP contribution in [-0.2, 0) is 19.4 Å². The van der Waals surface area contributed by atoms with Crippen molar-refractivity contribution in [2.75, 3.05) is 31.5 Å². The lowest BCUT2D eigenvalue weighted by Crippen LogP contribution is -2.31. The molecule has 0 atom stereocenters. The van der Waals surface area contributed by atoms with E-state index in [4.69, 9.17) is 0 Å². The third kappa shape index (κ3) is 7.12. The number of hydrogen-bond donors (Lipinski definition) is 3. The molecule has 0 unspecified atom stereocenters. The van der Waals surface area contributed by atoms with Crippen molar-refractivity contribution < 1.29 is 14.0 Å². The Morgan fingerprint density at radius 3 is 2.68 bits per heavy atom. The minimum atomic E-state index is -0.390. The molecule has 2 amide bonds. The fraction of sp³-hybridized carbons (Fsp3) is 0.345. The summed E-state index contributed by atoms with van der Waals surface area (Å²) in [4.78, 5) is 29.7. The van der Waals surface area contributed by atoms with E-state index >= 15 is 0 Å². The van der Waals surface area contributed by atoms with Gasteiger partial charge in [-0.25, -0.2) is 9.82 Å². The van der Waals surface area contributed by atoms with Gasteiger partial charge in [0, 0.05) is 30.1 Å². The van der Waals surface area contributed by atoms with Crippen LogP contribution in [0.2, 0.25) is 0 Å². The molecule has 0 fully saturated rings. The number of nitrogens with zero attached hydrogens (tertiary/aromatic N) is 2. The van der Waals surface area contributed by atoms with Crippen molar-refractivity contribution in [2.45, 2.75) is 39.7 Å². The average molecular weight is 536 g/mol. The van der Waals surface area contributed by atoms with Crippen LogP contribution in [0.1, 0.15) is 62.6 Å². The Morgan fingerprint density at radius 1 is 1.08 bits per heavy atom. The number of anilines is 1. The molecule has 200 valence electrons. The number of amides is 2. The molecule has 1 aromatic heterocycles. The number of carbonyl (C=O) groups excluding carboxylic acids is 2. The second-order valence-corrected chi connectivity index (χ2v) is 10.3. The Kier molecular flexibility index (Phi) is 9.75. The van der Waals surface area contributed by atoms with Gasteiger partial charge < -0.3 is 15.5 Å².